The first-order valence-electron chi connectivity index (χ1n) is 4.06. The van der Waals surface area contributed by atoms with Crippen LogP contribution in [0, 0.1) is 0 Å². The molecule has 3 heteroatoms. The van der Waals surface area contributed by atoms with Crippen molar-refractivity contribution in [3.8, 4) is 0 Å². The summed E-state index contributed by atoms with van der Waals surface area (Å²) in [5, 5.41) is 9.39. The molecule has 0 aromatic heterocycles. The van der Waals surface area contributed by atoms with Crippen molar-refractivity contribution in [3.05, 3.63) is 0 Å². The molecule has 0 radical (unpaired) electrons. The summed E-state index contributed by atoms with van der Waals surface area (Å²) in [7, 11) is 0. The summed E-state index contributed by atoms with van der Waals surface area (Å²) < 4.78 is 10.5. The van der Waals surface area contributed by atoms with E-state index in [0.29, 0.717) is 13.2 Å². The smallest absolute Gasteiger partial charge is 0.183 e. The fourth-order valence-corrected chi connectivity index (χ4v) is 1.01. The first-order valence-corrected chi connectivity index (χ1v) is 4.06. The number of hydrogen-bond donors (Lipinski definition) is 1. The molecule has 1 saturated heterocycles. The average Bonchev–Trinajstić information content (AvgIpc) is 1.93. The molecular weight excluding hydrogens is 144 g/mol. The molecule has 0 amide bonds. The third kappa shape index (κ3) is 2.43. The van der Waals surface area contributed by atoms with Gasteiger partial charge >= 0.3 is 0 Å². The summed E-state index contributed by atoms with van der Waals surface area (Å²) in [5.74, 6) is 0. The molecule has 1 aliphatic rings. The Kier molecular flexibility index (Phi) is 2.87. The van der Waals surface area contributed by atoms with Crippen LogP contribution >= 0.6 is 0 Å². The van der Waals surface area contributed by atoms with Crippen LogP contribution in [0.5, 0.6) is 0 Å². The maximum atomic E-state index is 9.39. The Bertz CT molecular complexity index is 123. The lowest BCUT2D eigenvalue weighted by Gasteiger charge is -2.32. The first-order chi connectivity index (χ1) is 5.13. The highest BCUT2D eigenvalue weighted by Gasteiger charge is 2.30. The van der Waals surface area contributed by atoms with Gasteiger partial charge in [-0.05, 0) is 26.7 Å². The Labute approximate surface area is 67.3 Å². The van der Waals surface area contributed by atoms with Crippen LogP contribution in [0.15, 0.2) is 0 Å². The predicted molar refractivity (Wildman–Crippen MR) is 41.2 cm³/mol. The van der Waals surface area contributed by atoms with E-state index in [9.17, 15) is 5.11 Å². The van der Waals surface area contributed by atoms with Gasteiger partial charge < -0.3 is 14.6 Å². The lowest BCUT2D eigenvalue weighted by molar-refractivity contribution is -0.228. The fourth-order valence-electron chi connectivity index (χ4n) is 1.01. The molecule has 66 valence electrons. The number of rotatable bonds is 0. The number of hydrogen-bond acceptors (Lipinski definition) is 3. The molecule has 0 spiro atoms. The zero-order valence-corrected chi connectivity index (χ0v) is 7.17. The molecule has 1 atom stereocenters. The van der Waals surface area contributed by atoms with Crippen LogP contribution in [0.1, 0.15) is 26.7 Å². The first kappa shape index (κ1) is 8.97. The zero-order valence-electron chi connectivity index (χ0n) is 7.17. The summed E-state index contributed by atoms with van der Waals surface area (Å²) in [6.07, 6.45) is 1.19. The lowest BCUT2D eigenvalue weighted by atomic mass is 10.1. The van der Waals surface area contributed by atoms with Gasteiger partial charge in [-0.1, -0.05) is 0 Å². The van der Waals surface area contributed by atoms with Crippen LogP contribution in [0.25, 0.3) is 0 Å². The molecule has 0 saturated carbocycles. The van der Waals surface area contributed by atoms with Crippen LogP contribution in [-0.4, -0.2) is 30.2 Å². The van der Waals surface area contributed by atoms with E-state index < -0.39 is 11.9 Å². The van der Waals surface area contributed by atoms with Gasteiger partial charge in [-0.3, -0.25) is 0 Å². The Hall–Kier alpha value is -0.120. The third-order valence-electron chi connectivity index (χ3n) is 1.88. The second-order valence-corrected chi connectivity index (χ2v) is 3.38. The second-order valence-electron chi connectivity index (χ2n) is 3.38. The summed E-state index contributed by atoms with van der Waals surface area (Å²) >= 11 is 0. The molecular formula is C8H16O3. The van der Waals surface area contributed by atoms with Crippen molar-refractivity contribution in [2.45, 2.75) is 38.6 Å². The zero-order chi connectivity index (χ0) is 8.32. The van der Waals surface area contributed by atoms with Gasteiger partial charge in [0, 0.05) is 13.2 Å². The topological polar surface area (TPSA) is 38.7 Å². The Morgan fingerprint density at radius 3 is 2.64 bits per heavy atom. The molecule has 11 heavy (non-hydrogen) atoms. The van der Waals surface area contributed by atoms with Crippen molar-refractivity contribution < 1.29 is 14.6 Å². The molecule has 1 aliphatic heterocycles. The minimum absolute atomic E-state index is 0.555. The van der Waals surface area contributed by atoms with Crippen LogP contribution in [0.2, 0.25) is 0 Å². The molecule has 0 aromatic carbocycles. The third-order valence-corrected chi connectivity index (χ3v) is 1.88. The van der Waals surface area contributed by atoms with Crippen LogP contribution < -0.4 is 0 Å². The number of ether oxygens (including phenoxy) is 2. The lowest BCUT2D eigenvalue weighted by Crippen LogP contribution is -2.42. The van der Waals surface area contributed by atoms with Gasteiger partial charge in [0.2, 0.25) is 0 Å². The summed E-state index contributed by atoms with van der Waals surface area (Å²) in [6.45, 7) is 5.02. The molecule has 0 bridgehead atoms. The van der Waals surface area contributed by atoms with Gasteiger partial charge in [0.25, 0.3) is 0 Å². The molecule has 1 fully saturated rings. The van der Waals surface area contributed by atoms with Gasteiger partial charge in [0.05, 0.1) is 0 Å². The second kappa shape index (κ2) is 3.52. The van der Waals surface area contributed by atoms with Crippen molar-refractivity contribution in [1.29, 1.82) is 0 Å². The van der Waals surface area contributed by atoms with Crippen molar-refractivity contribution in [1.82, 2.24) is 0 Å². The quantitative estimate of drug-likeness (QED) is 0.572. The van der Waals surface area contributed by atoms with E-state index in [0.717, 1.165) is 12.8 Å². The van der Waals surface area contributed by atoms with E-state index in [2.05, 4.69) is 0 Å². The maximum absolute atomic E-state index is 9.39. The van der Waals surface area contributed by atoms with Gasteiger partial charge in [-0.15, -0.1) is 0 Å². The van der Waals surface area contributed by atoms with Gasteiger partial charge in [0.1, 0.15) is 5.60 Å². The van der Waals surface area contributed by atoms with E-state index in [-0.39, 0.29) is 0 Å². The molecule has 1 heterocycles. The normalized spacial score (nSPS) is 32.5. The summed E-state index contributed by atoms with van der Waals surface area (Å²) in [5.41, 5.74) is -0.555. The SMILES string of the molecule is CC1(C)OCCCCOC1O. The fraction of sp³-hybridized carbons (Fsp3) is 1.00. The van der Waals surface area contributed by atoms with Crippen molar-refractivity contribution in [2.75, 3.05) is 13.2 Å². The van der Waals surface area contributed by atoms with E-state index in [4.69, 9.17) is 9.47 Å². The highest BCUT2D eigenvalue weighted by Crippen LogP contribution is 2.18. The molecule has 0 aliphatic carbocycles. The Balaban J connectivity index is 2.47. The van der Waals surface area contributed by atoms with Gasteiger partial charge in [0.15, 0.2) is 6.29 Å². The molecule has 1 unspecified atom stereocenters. The summed E-state index contributed by atoms with van der Waals surface area (Å²) in [4.78, 5) is 0. The Morgan fingerprint density at radius 2 is 1.91 bits per heavy atom. The average molecular weight is 160 g/mol. The van der Waals surface area contributed by atoms with E-state index in [1.807, 2.05) is 13.8 Å². The minimum atomic E-state index is -0.789. The van der Waals surface area contributed by atoms with Crippen LogP contribution in [0.4, 0.5) is 0 Å². The predicted octanol–water partition coefficient (Wildman–Crippen LogP) is 0.910. The minimum Gasteiger partial charge on any atom is -0.370 e. The van der Waals surface area contributed by atoms with Gasteiger partial charge in [-0.2, -0.15) is 0 Å². The van der Waals surface area contributed by atoms with Crippen molar-refractivity contribution in [2.24, 2.45) is 0 Å². The highest BCUT2D eigenvalue weighted by molar-refractivity contribution is 4.73. The van der Waals surface area contributed by atoms with E-state index in [1.54, 1.807) is 0 Å². The monoisotopic (exact) mass is 160 g/mol. The van der Waals surface area contributed by atoms with Crippen molar-refractivity contribution >= 4 is 0 Å². The van der Waals surface area contributed by atoms with Crippen LogP contribution in [0.3, 0.4) is 0 Å². The molecule has 1 N–H and O–H groups in total. The van der Waals surface area contributed by atoms with E-state index in [1.165, 1.54) is 0 Å². The van der Waals surface area contributed by atoms with Crippen LogP contribution in [-0.2, 0) is 9.47 Å². The Morgan fingerprint density at radius 1 is 1.27 bits per heavy atom. The maximum Gasteiger partial charge on any atom is 0.183 e. The molecule has 1 rings (SSSR count). The standard InChI is InChI=1S/C8H16O3/c1-8(2)7(9)10-5-3-4-6-11-8/h7,9H,3-6H2,1-2H3. The van der Waals surface area contributed by atoms with Gasteiger partial charge in [-0.25, -0.2) is 0 Å². The summed E-state index contributed by atoms with van der Waals surface area (Å²) in [6, 6.07) is 0. The largest absolute Gasteiger partial charge is 0.370 e. The number of aliphatic hydroxyl groups is 1. The van der Waals surface area contributed by atoms with Crippen molar-refractivity contribution in [3.63, 3.8) is 0 Å². The molecule has 3 nitrogen and oxygen atoms in total. The van der Waals surface area contributed by atoms with E-state index >= 15 is 0 Å². The number of aliphatic hydroxyl groups excluding tert-OH is 1. The highest BCUT2D eigenvalue weighted by atomic mass is 16.6. The molecule has 0 aromatic rings.